The number of anilines is 3. The van der Waals surface area contributed by atoms with Crippen molar-refractivity contribution in [2.75, 3.05) is 54.8 Å². The second-order valence-corrected chi connectivity index (χ2v) is 6.66. The number of nitrogens with two attached hydrogens (primary N) is 1. The summed E-state index contributed by atoms with van der Waals surface area (Å²) in [5, 5.41) is 0.628. The molecule has 0 spiro atoms. The van der Waals surface area contributed by atoms with Crippen molar-refractivity contribution in [2.45, 2.75) is 19.3 Å². The number of aliphatic imine (C=N–C) groups is 1. The molecule has 22 heavy (non-hydrogen) atoms. The van der Waals surface area contributed by atoms with Gasteiger partial charge < -0.3 is 20.4 Å². The lowest BCUT2D eigenvalue weighted by Crippen LogP contribution is -2.42. The van der Waals surface area contributed by atoms with Gasteiger partial charge in [0, 0.05) is 19.6 Å². The van der Waals surface area contributed by atoms with Gasteiger partial charge in [-0.1, -0.05) is 18.0 Å². The zero-order valence-electron chi connectivity index (χ0n) is 12.8. The van der Waals surface area contributed by atoms with Crippen LogP contribution in [0.15, 0.2) is 17.1 Å². The number of piperidine rings is 1. The fraction of sp³-hybridized carbons (Fsp3) is 0.562. The molecule has 6 heteroatoms. The summed E-state index contributed by atoms with van der Waals surface area (Å²) in [6.07, 6.45) is 4.02. The van der Waals surface area contributed by atoms with E-state index in [9.17, 15) is 0 Å². The van der Waals surface area contributed by atoms with Crippen molar-refractivity contribution in [1.82, 2.24) is 4.90 Å². The Kier molecular flexibility index (Phi) is 3.62. The summed E-state index contributed by atoms with van der Waals surface area (Å²) in [6.45, 7) is 6.28. The number of nitrogen functional groups attached to an aromatic ring is 1. The van der Waals surface area contributed by atoms with Gasteiger partial charge in [-0.2, -0.15) is 0 Å². The van der Waals surface area contributed by atoms with E-state index in [2.05, 4.69) is 19.7 Å². The van der Waals surface area contributed by atoms with Crippen molar-refractivity contribution < 1.29 is 0 Å². The number of nitrogens with zero attached hydrogens (tertiary/aromatic N) is 4. The van der Waals surface area contributed by atoms with Gasteiger partial charge in [0.05, 0.1) is 28.6 Å². The molecule has 1 aromatic rings. The first-order valence-corrected chi connectivity index (χ1v) is 8.53. The van der Waals surface area contributed by atoms with Crippen molar-refractivity contribution in [1.29, 1.82) is 0 Å². The van der Waals surface area contributed by atoms with Crippen molar-refractivity contribution in [3.63, 3.8) is 0 Å². The van der Waals surface area contributed by atoms with Gasteiger partial charge in [-0.15, -0.1) is 0 Å². The van der Waals surface area contributed by atoms with Gasteiger partial charge in [0.15, 0.2) is 0 Å². The first kappa shape index (κ1) is 14.2. The Balaban J connectivity index is 1.57. The molecule has 3 heterocycles. The Morgan fingerprint density at radius 1 is 1.05 bits per heavy atom. The van der Waals surface area contributed by atoms with E-state index in [4.69, 9.17) is 17.3 Å². The number of fused-ring (bicyclic) bond motifs is 3. The third-order valence-corrected chi connectivity index (χ3v) is 5.15. The highest BCUT2D eigenvalue weighted by molar-refractivity contribution is 6.34. The van der Waals surface area contributed by atoms with E-state index in [1.807, 2.05) is 12.1 Å². The average Bonchev–Trinajstić information content (AvgIpc) is 3.09. The molecule has 3 aliphatic heterocycles. The molecule has 2 N–H and O–H groups in total. The molecule has 3 aliphatic rings. The number of likely N-dealkylation sites (tertiary alicyclic amines) is 1. The van der Waals surface area contributed by atoms with Gasteiger partial charge in [-0.05, 0) is 38.1 Å². The smallest absolute Gasteiger partial charge is 0.206 e. The van der Waals surface area contributed by atoms with Crippen LogP contribution in [0.25, 0.3) is 0 Å². The number of hydrogen-bond donors (Lipinski definition) is 1. The maximum Gasteiger partial charge on any atom is 0.206 e. The summed E-state index contributed by atoms with van der Waals surface area (Å²) in [7, 11) is 0. The van der Waals surface area contributed by atoms with Crippen LogP contribution in [0.4, 0.5) is 17.1 Å². The topological polar surface area (TPSA) is 48.1 Å². The molecule has 0 aliphatic carbocycles. The summed E-state index contributed by atoms with van der Waals surface area (Å²) in [5.74, 6) is 1.06. The number of guanidine groups is 1. The zero-order valence-corrected chi connectivity index (χ0v) is 13.5. The van der Waals surface area contributed by atoms with E-state index in [0.717, 1.165) is 43.5 Å². The van der Waals surface area contributed by atoms with Crippen molar-refractivity contribution in [3.05, 3.63) is 17.2 Å². The molecule has 4 rings (SSSR count). The lowest BCUT2D eigenvalue weighted by atomic mass is 10.1. The second-order valence-electron chi connectivity index (χ2n) is 6.25. The van der Waals surface area contributed by atoms with Gasteiger partial charge in [0.25, 0.3) is 0 Å². The summed E-state index contributed by atoms with van der Waals surface area (Å²) < 4.78 is 0. The Morgan fingerprint density at radius 2 is 1.86 bits per heavy atom. The highest BCUT2D eigenvalue weighted by atomic mass is 35.5. The Morgan fingerprint density at radius 3 is 2.68 bits per heavy atom. The molecule has 1 aromatic carbocycles. The second kappa shape index (κ2) is 5.63. The molecule has 0 bridgehead atoms. The van der Waals surface area contributed by atoms with Crippen LogP contribution in [0.1, 0.15) is 19.3 Å². The van der Waals surface area contributed by atoms with E-state index in [0.29, 0.717) is 10.7 Å². The average molecular weight is 320 g/mol. The molecule has 118 valence electrons. The highest BCUT2D eigenvalue weighted by Crippen LogP contribution is 2.42. The van der Waals surface area contributed by atoms with Crippen LogP contribution < -0.4 is 15.5 Å². The minimum absolute atomic E-state index is 0.628. The quantitative estimate of drug-likeness (QED) is 0.869. The summed E-state index contributed by atoms with van der Waals surface area (Å²) in [4.78, 5) is 11.8. The lowest BCUT2D eigenvalue weighted by molar-refractivity contribution is 0.235. The standard InChI is InChI=1S/C16H22ClN5/c17-12-10-14-15(11-13(12)18)22(16-19-4-7-21(14)16)9-8-20-5-2-1-3-6-20/h10-11H,1-9,18H2. The van der Waals surface area contributed by atoms with Crippen LogP contribution in [0, 0.1) is 0 Å². The predicted molar refractivity (Wildman–Crippen MR) is 93.1 cm³/mol. The minimum Gasteiger partial charge on any atom is -0.397 e. The van der Waals surface area contributed by atoms with Gasteiger partial charge in [0.2, 0.25) is 5.96 Å². The molecular formula is C16H22ClN5. The van der Waals surface area contributed by atoms with Crippen LogP contribution >= 0.6 is 11.6 Å². The predicted octanol–water partition coefficient (Wildman–Crippen LogP) is 2.40. The fourth-order valence-electron chi connectivity index (χ4n) is 3.65. The van der Waals surface area contributed by atoms with E-state index in [1.165, 1.54) is 32.4 Å². The maximum absolute atomic E-state index is 6.21. The van der Waals surface area contributed by atoms with Gasteiger partial charge in [0.1, 0.15) is 0 Å². The third kappa shape index (κ3) is 2.32. The molecule has 0 saturated carbocycles. The summed E-state index contributed by atoms with van der Waals surface area (Å²) >= 11 is 6.21. The monoisotopic (exact) mass is 319 g/mol. The Labute approximate surface area is 136 Å². The van der Waals surface area contributed by atoms with Crippen LogP contribution in [-0.2, 0) is 0 Å². The first-order chi connectivity index (χ1) is 10.7. The Bertz CT molecular complexity index is 609. The van der Waals surface area contributed by atoms with Crippen LogP contribution in [0.5, 0.6) is 0 Å². The SMILES string of the molecule is Nc1cc2c(cc1Cl)N1CCN=C1N2CCN1CCCCC1. The van der Waals surface area contributed by atoms with E-state index < -0.39 is 0 Å². The Hall–Kier alpha value is -1.46. The van der Waals surface area contributed by atoms with Crippen LogP contribution in [0.2, 0.25) is 5.02 Å². The maximum atomic E-state index is 6.21. The lowest BCUT2D eigenvalue weighted by Gasteiger charge is -2.29. The van der Waals surface area contributed by atoms with Gasteiger partial charge >= 0.3 is 0 Å². The van der Waals surface area contributed by atoms with Crippen LogP contribution in [-0.4, -0.2) is 50.1 Å². The number of halogens is 1. The zero-order chi connectivity index (χ0) is 15.1. The molecule has 0 atom stereocenters. The summed E-state index contributed by atoms with van der Waals surface area (Å²) in [5.41, 5.74) is 8.96. The van der Waals surface area contributed by atoms with Crippen molar-refractivity contribution in [3.8, 4) is 0 Å². The minimum atomic E-state index is 0.628. The number of benzene rings is 1. The van der Waals surface area contributed by atoms with Crippen LogP contribution in [0.3, 0.4) is 0 Å². The largest absolute Gasteiger partial charge is 0.397 e. The summed E-state index contributed by atoms with van der Waals surface area (Å²) in [6, 6.07) is 3.97. The molecule has 0 radical (unpaired) electrons. The van der Waals surface area contributed by atoms with Crippen molar-refractivity contribution >= 4 is 34.6 Å². The molecular weight excluding hydrogens is 298 g/mol. The molecule has 1 saturated heterocycles. The van der Waals surface area contributed by atoms with Gasteiger partial charge in [-0.25, -0.2) is 0 Å². The molecule has 5 nitrogen and oxygen atoms in total. The first-order valence-electron chi connectivity index (χ1n) is 8.15. The normalized spacial score (nSPS) is 21.0. The molecule has 0 aromatic heterocycles. The van der Waals surface area contributed by atoms with E-state index in [-0.39, 0.29) is 0 Å². The van der Waals surface area contributed by atoms with Gasteiger partial charge in [-0.3, -0.25) is 4.99 Å². The molecule has 0 amide bonds. The van der Waals surface area contributed by atoms with E-state index in [1.54, 1.807) is 0 Å². The fourth-order valence-corrected chi connectivity index (χ4v) is 3.80. The molecule has 1 fully saturated rings. The molecule has 0 unspecified atom stereocenters. The van der Waals surface area contributed by atoms with Crippen molar-refractivity contribution in [2.24, 2.45) is 4.99 Å². The highest BCUT2D eigenvalue weighted by Gasteiger charge is 2.35. The number of rotatable bonds is 3. The third-order valence-electron chi connectivity index (χ3n) is 4.82. The van der Waals surface area contributed by atoms with E-state index >= 15 is 0 Å². The number of hydrogen-bond acceptors (Lipinski definition) is 5.